The highest BCUT2D eigenvalue weighted by molar-refractivity contribution is 6.12. The molecule has 7 aromatic carbocycles. The first-order valence-electron chi connectivity index (χ1n) is 15.0. The Labute approximate surface area is 259 Å². The molecule has 0 radical (unpaired) electrons. The molecule has 4 nitrogen and oxygen atoms in total. The first-order chi connectivity index (χ1) is 22.3. The molecular weight excluding hydrogens is 552 g/mol. The van der Waals surface area contributed by atoms with Crippen molar-refractivity contribution in [2.75, 3.05) is 4.90 Å². The van der Waals surface area contributed by atoms with Crippen LogP contribution in [0.1, 0.15) is 0 Å². The van der Waals surface area contributed by atoms with Crippen LogP contribution in [0.25, 0.3) is 66.4 Å². The Kier molecular flexibility index (Phi) is 5.78. The summed E-state index contributed by atoms with van der Waals surface area (Å²) in [4.78, 5) is 7.12. The van der Waals surface area contributed by atoms with Gasteiger partial charge in [0.1, 0.15) is 16.7 Å². The minimum Gasteiger partial charge on any atom is -0.456 e. The number of nitrogens with zero attached hydrogens (tertiary/aromatic N) is 2. The molecular formula is C41H26N2O2. The van der Waals surface area contributed by atoms with Crippen molar-refractivity contribution in [1.29, 1.82) is 0 Å². The van der Waals surface area contributed by atoms with Crippen LogP contribution >= 0.6 is 0 Å². The molecule has 9 rings (SSSR count). The van der Waals surface area contributed by atoms with Crippen molar-refractivity contribution in [3.05, 3.63) is 158 Å². The number of hydrogen-bond acceptors (Lipinski definition) is 4. The molecule has 0 fully saturated rings. The number of fused-ring (bicyclic) bond motifs is 6. The fraction of sp³-hybridized carbons (Fsp3) is 0. The van der Waals surface area contributed by atoms with E-state index in [2.05, 4.69) is 102 Å². The first kappa shape index (κ1) is 25.4. The van der Waals surface area contributed by atoms with Crippen LogP contribution in [-0.4, -0.2) is 4.98 Å². The van der Waals surface area contributed by atoms with Crippen LogP contribution in [0, 0.1) is 0 Å². The van der Waals surface area contributed by atoms with E-state index in [0.29, 0.717) is 5.89 Å². The zero-order valence-corrected chi connectivity index (χ0v) is 24.2. The smallest absolute Gasteiger partial charge is 0.227 e. The maximum Gasteiger partial charge on any atom is 0.227 e. The van der Waals surface area contributed by atoms with Gasteiger partial charge in [-0.1, -0.05) is 91.0 Å². The summed E-state index contributed by atoms with van der Waals surface area (Å²) in [5, 5.41) is 4.37. The summed E-state index contributed by atoms with van der Waals surface area (Å²) in [5.41, 5.74) is 9.78. The Morgan fingerprint density at radius 3 is 2.04 bits per heavy atom. The third kappa shape index (κ3) is 4.27. The molecule has 0 aliphatic heterocycles. The molecule has 0 saturated carbocycles. The SMILES string of the molecule is c1ccc(-c2nc3ccc4ccc(N(c5ccccc5)c5cccc(-c6cccc7oc8ccccc8c67)c5)cc4c3o2)cc1. The van der Waals surface area contributed by atoms with Gasteiger partial charge < -0.3 is 13.7 Å². The highest BCUT2D eigenvalue weighted by atomic mass is 16.3. The zero-order valence-electron chi connectivity index (χ0n) is 24.2. The molecule has 4 heteroatoms. The number of hydrogen-bond donors (Lipinski definition) is 0. The average Bonchev–Trinajstić information content (AvgIpc) is 3.72. The average molecular weight is 579 g/mol. The van der Waals surface area contributed by atoms with E-state index < -0.39 is 0 Å². The van der Waals surface area contributed by atoms with E-state index in [0.717, 1.165) is 77.6 Å². The van der Waals surface area contributed by atoms with Crippen LogP contribution < -0.4 is 4.90 Å². The van der Waals surface area contributed by atoms with Crippen molar-refractivity contribution >= 4 is 60.9 Å². The van der Waals surface area contributed by atoms with E-state index in [4.69, 9.17) is 13.8 Å². The maximum atomic E-state index is 6.42. The monoisotopic (exact) mass is 578 g/mol. The van der Waals surface area contributed by atoms with Gasteiger partial charge in [0.2, 0.25) is 5.89 Å². The summed E-state index contributed by atoms with van der Waals surface area (Å²) in [6.07, 6.45) is 0. The van der Waals surface area contributed by atoms with Gasteiger partial charge in [0, 0.05) is 38.8 Å². The molecule has 2 aromatic heterocycles. The topological polar surface area (TPSA) is 42.4 Å². The number of para-hydroxylation sites is 2. The summed E-state index contributed by atoms with van der Waals surface area (Å²) in [6.45, 7) is 0. The molecule has 2 heterocycles. The highest BCUT2D eigenvalue weighted by Crippen LogP contribution is 2.41. The number of oxazole rings is 1. The zero-order chi connectivity index (χ0) is 29.7. The number of aromatic nitrogens is 1. The van der Waals surface area contributed by atoms with Gasteiger partial charge in [0.05, 0.1) is 0 Å². The second-order valence-corrected chi connectivity index (χ2v) is 11.2. The minimum atomic E-state index is 0.622. The quantitative estimate of drug-likeness (QED) is 0.204. The lowest BCUT2D eigenvalue weighted by atomic mass is 9.98. The third-order valence-electron chi connectivity index (χ3n) is 8.47. The Hall–Kier alpha value is -6.13. The standard InChI is InChI=1S/C41H26N2O2/c1-3-11-28(12-4-1)41-42-36-24-22-27-21-23-32(26-35(27)40(36)45-41)43(30-14-5-2-6-15-30)31-16-9-13-29(25-31)33-18-10-20-38-39(33)34-17-7-8-19-37(34)44-38/h1-26H. The van der Waals surface area contributed by atoms with E-state index in [1.807, 2.05) is 60.7 Å². The van der Waals surface area contributed by atoms with Crippen molar-refractivity contribution in [1.82, 2.24) is 4.98 Å². The van der Waals surface area contributed by atoms with Crippen molar-refractivity contribution in [2.45, 2.75) is 0 Å². The van der Waals surface area contributed by atoms with E-state index in [-0.39, 0.29) is 0 Å². The summed E-state index contributed by atoms with van der Waals surface area (Å²) < 4.78 is 12.6. The van der Waals surface area contributed by atoms with Gasteiger partial charge in [0.25, 0.3) is 0 Å². The number of furan rings is 1. The van der Waals surface area contributed by atoms with E-state index in [1.165, 1.54) is 0 Å². The normalized spacial score (nSPS) is 11.6. The second kappa shape index (κ2) is 10.2. The third-order valence-corrected chi connectivity index (χ3v) is 8.47. The molecule has 0 bridgehead atoms. The summed E-state index contributed by atoms with van der Waals surface area (Å²) in [6, 6.07) is 54.5. The Morgan fingerprint density at radius 1 is 0.467 bits per heavy atom. The molecule has 212 valence electrons. The van der Waals surface area contributed by atoms with Crippen LogP contribution in [-0.2, 0) is 0 Å². The van der Waals surface area contributed by atoms with Gasteiger partial charge >= 0.3 is 0 Å². The van der Waals surface area contributed by atoms with E-state index in [9.17, 15) is 0 Å². The van der Waals surface area contributed by atoms with Crippen LogP contribution in [0.15, 0.2) is 167 Å². The largest absolute Gasteiger partial charge is 0.456 e. The Balaban J connectivity index is 1.22. The number of rotatable bonds is 5. The molecule has 45 heavy (non-hydrogen) atoms. The van der Waals surface area contributed by atoms with Gasteiger partial charge in [0.15, 0.2) is 5.58 Å². The van der Waals surface area contributed by atoms with Gasteiger partial charge in [-0.2, -0.15) is 0 Å². The fourth-order valence-electron chi connectivity index (χ4n) is 6.39. The molecule has 0 atom stereocenters. The molecule has 0 spiro atoms. The Morgan fingerprint density at radius 2 is 1.16 bits per heavy atom. The van der Waals surface area contributed by atoms with Crippen molar-refractivity contribution in [2.24, 2.45) is 0 Å². The molecule has 0 unspecified atom stereocenters. The lowest BCUT2D eigenvalue weighted by molar-refractivity contribution is 0.623. The maximum absolute atomic E-state index is 6.42. The van der Waals surface area contributed by atoms with Crippen LogP contribution in [0.3, 0.4) is 0 Å². The first-order valence-corrected chi connectivity index (χ1v) is 15.0. The van der Waals surface area contributed by atoms with E-state index in [1.54, 1.807) is 0 Å². The minimum absolute atomic E-state index is 0.622. The summed E-state index contributed by atoms with van der Waals surface area (Å²) >= 11 is 0. The highest BCUT2D eigenvalue weighted by Gasteiger charge is 2.18. The van der Waals surface area contributed by atoms with Crippen molar-refractivity contribution in [3.8, 4) is 22.6 Å². The lowest BCUT2D eigenvalue weighted by Gasteiger charge is -2.26. The number of benzene rings is 7. The predicted octanol–water partition coefficient (Wildman–Crippen LogP) is 11.7. The number of anilines is 3. The summed E-state index contributed by atoms with van der Waals surface area (Å²) in [5.74, 6) is 0.622. The fourth-order valence-corrected chi connectivity index (χ4v) is 6.39. The van der Waals surface area contributed by atoms with E-state index >= 15 is 0 Å². The van der Waals surface area contributed by atoms with Gasteiger partial charge in [-0.3, -0.25) is 0 Å². The molecule has 0 saturated heterocycles. The molecule has 9 aromatic rings. The predicted molar refractivity (Wildman–Crippen MR) is 184 cm³/mol. The van der Waals surface area contributed by atoms with Crippen molar-refractivity contribution < 1.29 is 8.83 Å². The molecule has 0 aliphatic carbocycles. The summed E-state index contributed by atoms with van der Waals surface area (Å²) in [7, 11) is 0. The Bertz CT molecular complexity index is 2490. The van der Waals surface area contributed by atoms with Gasteiger partial charge in [-0.05, 0) is 83.2 Å². The molecule has 0 N–H and O–H groups in total. The second-order valence-electron chi connectivity index (χ2n) is 11.2. The van der Waals surface area contributed by atoms with Crippen LogP contribution in [0.5, 0.6) is 0 Å². The van der Waals surface area contributed by atoms with Crippen molar-refractivity contribution in [3.63, 3.8) is 0 Å². The molecule has 0 aliphatic rings. The van der Waals surface area contributed by atoms with Gasteiger partial charge in [-0.25, -0.2) is 4.98 Å². The lowest BCUT2D eigenvalue weighted by Crippen LogP contribution is -2.09. The van der Waals surface area contributed by atoms with Crippen LogP contribution in [0.4, 0.5) is 17.1 Å². The molecule has 0 amide bonds. The van der Waals surface area contributed by atoms with Gasteiger partial charge in [-0.15, -0.1) is 0 Å². The van der Waals surface area contributed by atoms with Crippen LogP contribution in [0.2, 0.25) is 0 Å².